The van der Waals surface area contributed by atoms with Crippen LogP contribution in [-0.2, 0) is 14.3 Å². The molecule has 5 heteroatoms. The molecule has 1 heterocycles. The monoisotopic (exact) mass is 282 g/mol. The van der Waals surface area contributed by atoms with Gasteiger partial charge >= 0.3 is 5.97 Å². The third-order valence-corrected chi connectivity index (χ3v) is 2.68. The van der Waals surface area contributed by atoms with Crippen molar-refractivity contribution in [2.45, 2.75) is 0 Å². The van der Waals surface area contributed by atoms with Gasteiger partial charge in [0.15, 0.2) is 0 Å². The van der Waals surface area contributed by atoms with Gasteiger partial charge in [0.2, 0.25) is 0 Å². The number of esters is 1. The molecule has 1 aromatic carbocycles. The van der Waals surface area contributed by atoms with Gasteiger partial charge in [0.25, 0.3) is 5.78 Å². The van der Waals surface area contributed by atoms with Crippen LogP contribution in [0.5, 0.6) is 0 Å². The average Bonchev–Trinajstić information content (AvgIpc) is 2.59. The number of benzene rings is 1. The zero-order valence-corrected chi connectivity index (χ0v) is 9.65. The Morgan fingerprint density at radius 2 is 2.12 bits per heavy atom. The number of cyclic esters (lactones) is 1. The Balaban J connectivity index is 2.45. The van der Waals surface area contributed by atoms with Crippen LogP contribution in [0.15, 0.2) is 34.3 Å². The van der Waals surface area contributed by atoms with Crippen LogP contribution in [0.3, 0.4) is 0 Å². The molecule has 0 aromatic heterocycles. The molecule has 0 aliphatic carbocycles. The van der Waals surface area contributed by atoms with Gasteiger partial charge in [0.1, 0.15) is 12.4 Å². The van der Waals surface area contributed by atoms with Crippen molar-refractivity contribution in [3.8, 4) is 0 Å². The summed E-state index contributed by atoms with van der Waals surface area (Å²) in [4.78, 5) is 22.2. The van der Waals surface area contributed by atoms with E-state index in [1.54, 1.807) is 24.3 Å². The molecule has 1 aliphatic heterocycles. The fourth-order valence-corrected chi connectivity index (χ4v) is 1.78. The minimum atomic E-state index is -0.920. The number of halogens is 1. The fourth-order valence-electron chi connectivity index (χ4n) is 1.38. The van der Waals surface area contributed by atoms with Crippen molar-refractivity contribution < 1.29 is 19.4 Å². The van der Waals surface area contributed by atoms with Crippen molar-refractivity contribution in [1.29, 1.82) is 0 Å². The van der Waals surface area contributed by atoms with E-state index >= 15 is 0 Å². The highest BCUT2D eigenvalue weighted by atomic mass is 79.9. The minimum absolute atomic E-state index is 0.00287. The van der Waals surface area contributed by atoms with Crippen LogP contribution in [0, 0.1) is 0 Å². The molecule has 0 amide bonds. The normalized spacial score (nSPS) is 18.6. The number of aliphatic hydroxyl groups is 1. The maximum Gasteiger partial charge on any atom is 0.379 e. The summed E-state index contributed by atoms with van der Waals surface area (Å²) in [6.07, 6.45) is 0. The van der Waals surface area contributed by atoms with Gasteiger partial charge in [0, 0.05) is 10.0 Å². The molecular formula is C11H7BrO4. The van der Waals surface area contributed by atoms with E-state index in [0.29, 0.717) is 5.56 Å². The Bertz CT molecular complexity index is 504. The van der Waals surface area contributed by atoms with Crippen molar-refractivity contribution >= 4 is 33.4 Å². The molecule has 0 saturated carbocycles. The summed E-state index contributed by atoms with van der Waals surface area (Å²) in [6.45, 7) is -0.171. The lowest BCUT2D eigenvalue weighted by Crippen LogP contribution is -2.07. The van der Waals surface area contributed by atoms with Crippen LogP contribution in [0.1, 0.15) is 5.56 Å². The standard InChI is InChI=1S/C11H7BrO4/c12-7-3-1-2-6(4-7)9(13)8-5-16-11(15)10(8)14/h1-4,13H,5H2/b9-8-. The Hall–Kier alpha value is -1.62. The summed E-state index contributed by atoms with van der Waals surface area (Å²) >= 11 is 3.25. The number of carbonyl (C=O) groups is 2. The lowest BCUT2D eigenvalue weighted by atomic mass is 10.1. The van der Waals surface area contributed by atoms with Crippen molar-refractivity contribution in [2.75, 3.05) is 6.61 Å². The van der Waals surface area contributed by atoms with Crippen molar-refractivity contribution in [2.24, 2.45) is 0 Å². The summed E-state index contributed by atoms with van der Waals surface area (Å²) in [5, 5.41) is 9.84. The third-order valence-electron chi connectivity index (χ3n) is 2.19. The molecular weight excluding hydrogens is 276 g/mol. The molecule has 0 bridgehead atoms. The van der Waals surface area contributed by atoms with E-state index in [1.807, 2.05) is 0 Å². The van der Waals surface area contributed by atoms with Gasteiger partial charge in [-0.2, -0.15) is 0 Å². The van der Waals surface area contributed by atoms with Gasteiger partial charge in [-0.3, -0.25) is 4.79 Å². The van der Waals surface area contributed by atoms with Crippen molar-refractivity contribution in [3.63, 3.8) is 0 Å². The average molecular weight is 283 g/mol. The van der Waals surface area contributed by atoms with Gasteiger partial charge in [-0.25, -0.2) is 4.79 Å². The van der Waals surface area contributed by atoms with Gasteiger partial charge < -0.3 is 9.84 Å². The number of hydrogen-bond acceptors (Lipinski definition) is 4. The van der Waals surface area contributed by atoms with E-state index in [0.717, 1.165) is 4.47 Å². The number of Topliss-reactive ketones (excluding diaryl/α,β-unsaturated/α-hetero) is 1. The molecule has 0 atom stereocenters. The van der Waals surface area contributed by atoms with E-state index in [4.69, 9.17) is 0 Å². The van der Waals surface area contributed by atoms with Crippen LogP contribution < -0.4 is 0 Å². The second-order valence-corrected chi connectivity index (χ2v) is 4.16. The Kier molecular flexibility index (Phi) is 2.78. The lowest BCUT2D eigenvalue weighted by Gasteiger charge is -2.02. The molecule has 1 N–H and O–H groups in total. The topological polar surface area (TPSA) is 63.6 Å². The molecule has 1 aliphatic rings. The first-order chi connectivity index (χ1) is 7.59. The van der Waals surface area contributed by atoms with Crippen LogP contribution in [0.4, 0.5) is 0 Å². The first kappa shape index (κ1) is 10.9. The number of aliphatic hydroxyl groups excluding tert-OH is 1. The van der Waals surface area contributed by atoms with Crippen molar-refractivity contribution in [3.05, 3.63) is 39.9 Å². The second kappa shape index (κ2) is 4.09. The van der Waals surface area contributed by atoms with Gasteiger partial charge in [-0.15, -0.1) is 0 Å². The number of hydrogen-bond donors (Lipinski definition) is 1. The van der Waals surface area contributed by atoms with Crippen LogP contribution in [0.2, 0.25) is 0 Å². The van der Waals surface area contributed by atoms with E-state index < -0.39 is 11.8 Å². The van der Waals surface area contributed by atoms with Gasteiger partial charge in [-0.1, -0.05) is 28.1 Å². The number of ketones is 1. The third kappa shape index (κ3) is 1.86. The summed E-state index contributed by atoms with van der Waals surface area (Å²) in [5.41, 5.74) is 0.471. The number of rotatable bonds is 1. The zero-order valence-electron chi connectivity index (χ0n) is 8.07. The first-order valence-corrected chi connectivity index (χ1v) is 5.28. The zero-order chi connectivity index (χ0) is 11.7. The Morgan fingerprint density at radius 3 is 2.69 bits per heavy atom. The van der Waals surface area contributed by atoms with Gasteiger partial charge in [0.05, 0.1) is 5.57 Å². The molecule has 2 rings (SSSR count). The quantitative estimate of drug-likeness (QED) is 0.370. The predicted molar refractivity (Wildman–Crippen MR) is 59.7 cm³/mol. The highest BCUT2D eigenvalue weighted by Gasteiger charge is 2.32. The smallest absolute Gasteiger partial charge is 0.379 e. The highest BCUT2D eigenvalue weighted by molar-refractivity contribution is 9.10. The lowest BCUT2D eigenvalue weighted by molar-refractivity contribution is -0.146. The molecule has 4 nitrogen and oxygen atoms in total. The van der Waals surface area contributed by atoms with Gasteiger partial charge in [-0.05, 0) is 12.1 Å². The molecule has 16 heavy (non-hydrogen) atoms. The number of carbonyl (C=O) groups excluding carboxylic acids is 2. The SMILES string of the molecule is O=C1OC/C(=C(/O)c2cccc(Br)c2)C1=O. The van der Waals surface area contributed by atoms with Crippen LogP contribution in [0.25, 0.3) is 5.76 Å². The molecule has 0 spiro atoms. The fraction of sp³-hybridized carbons (Fsp3) is 0.0909. The molecule has 1 saturated heterocycles. The minimum Gasteiger partial charge on any atom is -0.507 e. The van der Waals surface area contributed by atoms with Crippen LogP contribution >= 0.6 is 15.9 Å². The summed E-state index contributed by atoms with van der Waals surface area (Å²) in [5.74, 6) is -1.91. The maximum atomic E-state index is 11.3. The highest BCUT2D eigenvalue weighted by Crippen LogP contribution is 2.23. The largest absolute Gasteiger partial charge is 0.507 e. The molecule has 0 unspecified atom stereocenters. The Morgan fingerprint density at radius 1 is 1.38 bits per heavy atom. The second-order valence-electron chi connectivity index (χ2n) is 3.24. The van der Waals surface area contributed by atoms with Crippen LogP contribution in [-0.4, -0.2) is 23.5 Å². The summed E-state index contributed by atoms with van der Waals surface area (Å²) in [6, 6.07) is 6.81. The molecule has 1 aromatic rings. The summed E-state index contributed by atoms with van der Waals surface area (Å²) < 4.78 is 5.31. The molecule has 0 radical (unpaired) electrons. The van der Waals surface area contributed by atoms with E-state index in [9.17, 15) is 14.7 Å². The molecule has 1 fully saturated rings. The maximum absolute atomic E-state index is 11.3. The molecule has 82 valence electrons. The first-order valence-electron chi connectivity index (χ1n) is 4.49. The predicted octanol–water partition coefficient (Wildman–Crippen LogP) is 1.84. The Labute approximate surface area is 99.7 Å². The van der Waals surface area contributed by atoms with Crippen molar-refractivity contribution in [1.82, 2.24) is 0 Å². The summed E-state index contributed by atoms with van der Waals surface area (Å²) in [7, 11) is 0. The van der Waals surface area contributed by atoms with E-state index in [2.05, 4.69) is 20.7 Å². The number of ether oxygens (including phenoxy) is 1. The van der Waals surface area contributed by atoms with E-state index in [1.165, 1.54) is 0 Å². The van der Waals surface area contributed by atoms with E-state index in [-0.39, 0.29) is 17.9 Å².